The van der Waals surface area contributed by atoms with Gasteiger partial charge in [-0.2, -0.15) is 0 Å². The molecule has 1 aliphatic rings. The molecule has 0 saturated heterocycles. The Bertz CT molecular complexity index is 909. The monoisotopic (exact) mass is 323 g/mol. The van der Waals surface area contributed by atoms with Crippen molar-refractivity contribution in [2.24, 2.45) is 5.73 Å². The van der Waals surface area contributed by atoms with Crippen molar-refractivity contribution in [3.05, 3.63) is 71.5 Å². The largest absolute Gasteiger partial charge is 0.497 e. The first kappa shape index (κ1) is 15.0. The Balaban J connectivity index is 1.79. The SMILES string of the molecule is COc1ccc2ccc3c(c2c1)CC(N)C(c1cccc(F)c1)O3. The molecule has 0 aliphatic carbocycles. The lowest BCUT2D eigenvalue weighted by Crippen LogP contribution is -2.37. The molecule has 0 radical (unpaired) electrons. The highest BCUT2D eigenvalue weighted by atomic mass is 19.1. The molecule has 1 aliphatic heterocycles. The second-order valence-electron chi connectivity index (χ2n) is 6.09. The summed E-state index contributed by atoms with van der Waals surface area (Å²) in [4.78, 5) is 0. The molecule has 4 rings (SSSR count). The molecule has 24 heavy (non-hydrogen) atoms. The van der Waals surface area contributed by atoms with Crippen LogP contribution in [0, 0.1) is 5.82 Å². The minimum atomic E-state index is -0.351. The molecule has 2 atom stereocenters. The van der Waals surface area contributed by atoms with Crippen LogP contribution in [0.1, 0.15) is 17.2 Å². The molecule has 0 spiro atoms. The van der Waals surface area contributed by atoms with Gasteiger partial charge in [0, 0.05) is 5.56 Å². The predicted molar refractivity (Wildman–Crippen MR) is 91.9 cm³/mol. The van der Waals surface area contributed by atoms with E-state index in [-0.39, 0.29) is 18.0 Å². The van der Waals surface area contributed by atoms with Crippen molar-refractivity contribution < 1.29 is 13.9 Å². The Morgan fingerprint density at radius 2 is 1.96 bits per heavy atom. The van der Waals surface area contributed by atoms with Gasteiger partial charge in [0.2, 0.25) is 0 Å². The summed E-state index contributed by atoms with van der Waals surface area (Å²) in [5, 5.41) is 2.20. The Labute approximate surface area is 139 Å². The summed E-state index contributed by atoms with van der Waals surface area (Å²) < 4.78 is 25.0. The van der Waals surface area contributed by atoms with Crippen LogP contribution in [-0.4, -0.2) is 13.2 Å². The highest BCUT2D eigenvalue weighted by Gasteiger charge is 2.30. The van der Waals surface area contributed by atoms with Gasteiger partial charge < -0.3 is 15.2 Å². The van der Waals surface area contributed by atoms with E-state index < -0.39 is 0 Å². The van der Waals surface area contributed by atoms with Crippen LogP contribution in [0.5, 0.6) is 11.5 Å². The molecular weight excluding hydrogens is 305 g/mol. The van der Waals surface area contributed by atoms with E-state index >= 15 is 0 Å². The van der Waals surface area contributed by atoms with Gasteiger partial charge in [0.1, 0.15) is 23.4 Å². The summed E-state index contributed by atoms with van der Waals surface area (Å²) in [5.74, 6) is 1.32. The molecule has 0 bridgehead atoms. The third kappa shape index (κ3) is 2.49. The van der Waals surface area contributed by atoms with Gasteiger partial charge in [-0.1, -0.05) is 24.3 Å². The van der Waals surface area contributed by atoms with Crippen molar-refractivity contribution in [2.45, 2.75) is 18.6 Å². The van der Waals surface area contributed by atoms with Crippen LogP contribution in [0.25, 0.3) is 10.8 Å². The second kappa shape index (κ2) is 5.80. The van der Waals surface area contributed by atoms with Crippen LogP contribution in [0.3, 0.4) is 0 Å². The molecule has 0 amide bonds. The van der Waals surface area contributed by atoms with Crippen LogP contribution >= 0.6 is 0 Å². The number of ether oxygens (including phenoxy) is 2. The van der Waals surface area contributed by atoms with Crippen LogP contribution in [0.4, 0.5) is 4.39 Å². The third-order valence-electron chi connectivity index (χ3n) is 4.56. The molecule has 2 N–H and O–H groups in total. The molecule has 4 heteroatoms. The molecule has 0 fully saturated rings. The van der Waals surface area contributed by atoms with Gasteiger partial charge in [-0.15, -0.1) is 0 Å². The number of hydrogen-bond acceptors (Lipinski definition) is 3. The zero-order valence-corrected chi connectivity index (χ0v) is 13.3. The predicted octanol–water partition coefficient (Wildman–Crippen LogP) is 3.99. The maximum Gasteiger partial charge on any atom is 0.139 e. The maximum absolute atomic E-state index is 13.5. The minimum Gasteiger partial charge on any atom is -0.497 e. The van der Waals surface area contributed by atoms with Crippen molar-refractivity contribution in [3.63, 3.8) is 0 Å². The molecule has 3 nitrogen and oxygen atoms in total. The summed E-state index contributed by atoms with van der Waals surface area (Å²) in [6.07, 6.45) is 0.317. The average molecular weight is 323 g/mol. The van der Waals surface area contributed by atoms with Gasteiger partial charge in [-0.25, -0.2) is 4.39 Å². The summed E-state index contributed by atoms with van der Waals surface area (Å²) >= 11 is 0. The lowest BCUT2D eigenvalue weighted by molar-refractivity contribution is 0.154. The van der Waals surface area contributed by atoms with E-state index in [4.69, 9.17) is 15.2 Å². The summed E-state index contributed by atoms with van der Waals surface area (Å²) in [6, 6.07) is 16.2. The molecule has 0 aromatic heterocycles. The maximum atomic E-state index is 13.5. The second-order valence-corrected chi connectivity index (χ2v) is 6.09. The summed E-state index contributed by atoms with van der Waals surface area (Å²) in [6.45, 7) is 0. The number of rotatable bonds is 2. The number of benzene rings is 3. The first-order chi connectivity index (χ1) is 11.7. The van der Waals surface area contributed by atoms with Crippen LogP contribution in [0.15, 0.2) is 54.6 Å². The van der Waals surface area contributed by atoms with Crippen molar-refractivity contribution >= 4 is 10.8 Å². The van der Waals surface area contributed by atoms with Crippen LogP contribution in [0.2, 0.25) is 0 Å². The van der Waals surface area contributed by atoms with Crippen molar-refractivity contribution in [3.8, 4) is 11.5 Å². The Hall–Kier alpha value is -2.59. The third-order valence-corrected chi connectivity index (χ3v) is 4.56. The lowest BCUT2D eigenvalue weighted by atomic mass is 9.90. The first-order valence-electron chi connectivity index (χ1n) is 7.93. The molecular formula is C20H18FNO2. The highest BCUT2D eigenvalue weighted by Crippen LogP contribution is 2.39. The van der Waals surface area contributed by atoms with Gasteiger partial charge in [-0.3, -0.25) is 0 Å². The summed E-state index contributed by atoms with van der Waals surface area (Å²) in [7, 11) is 1.65. The average Bonchev–Trinajstić information content (AvgIpc) is 2.60. The van der Waals surface area contributed by atoms with Gasteiger partial charge >= 0.3 is 0 Å². The minimum absolute atomic E-state index is 0.240. The van der Waals surface area contributed by atoms with Gasteiger partial charge in [0.15, 0.2) is 0 Å². The zero-order valence-electron chi connectivity index (χ0n) is 13.3. The number of nitrogens with two attached hydrogens (primary N) is 1. The fourth-order valence-electron chi connectivity index (χ4n) is 3.35. The topological polar surface area (TPSA) is 44.5 Å². The van der Waals surface area contributed by atoms with Crippen LogP contribution < -0.4 is 15.2 Å². The number of halogens is 1. The Kier molecular flexibility index (Phi) is 3.62. The molecule has 2 unspecified atom stereocenters. The molecule has 3 aromatic carbocycles. The number of methoxy groups -OCH3 is 1. The zero-order chi connectivity index (χ0) is 16.7. The van der Waals surface area contributed by atoms with Gasteiger partial charge in [0.25, 0.3) is 0 Å². The van der Waals surface area contributed by atoms with Gasteiger partial charge in [0.05, 0.1) is 13.2 Å². The van der Waals surface area contributed by atoms with Gasteiger partial charge in [-0.05, 0) is 53.1 Å². The fourth-order valence-corrected chi connectivity index (χ4v) is 3.35. The molecule has 0 saturated carbocycles. The van der Waals surface area contributed by atoms with E-state index in [9.17, 15) is 4.39 Å². The highest BCUT2D eigenvalue weighted by molar-refractivity contribution is 5.89. The summed E-state index contributed by atoms with van der Waals surface area (Å²) in [5.41, 5.74) is 8.20. The van der Waals surface area contributed by atoms with Crippen molar-refractivity contribution in [1.82, 2.24) is 0 Å². The molecule has 1 heterocycles. The van der Waals surface area contributed by atoms with E-state index in [0.29, 0.717) is 6.42 Å². The van der Waals surface area contributed by atoms with E-state index in [2.05, 4.69) is 0 Å². The quantitative estimate of drug-likeness (QED) is 0.775. The van der Waals surface area contributed by atoms with Crippen LogP contribution in [-0.2, 0) is 6.42 Å². The molecule has 122 valence electrons. The van der Waals surface area contributed by atoms with Crippen molar-refractivity contribution in [2.75, 3.05) is 7.11 Å². The van der Waals surface area contributed by atoms with E-state index in [0.717, 1.165) is 33.4 Å². The van der Waals surface area contributed by atoms with Crippen molar-refractivity contribution in [1.29, 1.82) is 0 Å². The Morgan fingerprint density at radius 1 is 1.12 bits per heavy atom. The standard InChI is InChI=1S/C20H18FNO2/c1-23-15-7-5-12-6-8-19-17(16(12)10-15)11-18(22)20(24-19)13-3-2-4-14(21)9-13/h2-10,18,20H,11,22H2,1H3. The van der Waals surface area contributed by atoms with E-state index in [1.54, 1.807) is 13.2 Å². The van der Waals surface area contributed by atoms with E-state index in [1.807, 2.05) is 36.4 Å². The van der Waals surface area contributed by atoms with E-state index in [1.165, 1.54) is 12.1 Å². The fraction of sp³-hybridized carbons (Fsp3) is 0.200. The molecule has 3 aromatic rings. The Morgan fingerprint density at radius 3 is 2.75 bits per heavy atom. The lowest BCUT2D eigenvalue weighted by Gasteiger charge is -2.32. The number of fused-ring (bicyclic) bond motifs is 3. The first-order valence-corrected chi connectivity index (χ1v) is 7.93. The number of hydrogen-bond donors (Lipinski definition) is 1. The normalized spacial score (nSPS) is 19.6. The smallest absolute Gasteiger partial charge is 0.139 e.